The lowest BCUT2D eigenvalue weighted by atomic mass is 9.49. The summed E-state index contributed by atoms with van der Waals surface area (Å²) in [7, 11) is 3.74. The van der Waals surface area contributed by atoms with Crippen LogP contribution in [0.25, 0.3) is 0 Å². The van der Waals surface area contributed by atoms with E-state index in [2.05, 4.69) is 4.98 Å². The van der Waals surface area contributed by atoms with Crippen molar-refractivity contribution in [3.8, 4) is 0 Å². The van der Waals surface area contributed by atoms with Crippen molar-refractivity contribution < 1.29 is 14.4 Å². The van der Waals surface area contributed by atoms with Gasteiger partial charge in [0.1, 0.15) is 0 Å². The SMILES string of the molecule is CN(C)CC(=O)N(CCC12CC3CC(CC(C3)C1)C2)OC(=O)CCCCc1ccncc1. The minimum absolute atomic E-state index is 0.120. The first-order valence-corrected chi connectivity index (χ1v) is 12.5. The molecule has 4 saturated carbocycles. The molecule has 0 N–H and O–H groups in total. The van der Waals surface area contributed by atoms with Crippen LogP contribution in [0.2, 0.25) is 0 Å². The Hall–Kier alpha value is -1.95. The van der Waals surface area contributed by atoms with Crippen molar-refractivity contribution in [2.24, 2.45) is 23.2 Å². The summed E-state index contributed by atoms with van der Waals surface area (Å²) in [6.45, 7) is 0.789. The third-order valence-electron chi connectivity index (χ3n) is 7.80. The zero-order valence-corrected chi connectivity index (χ0v) is 19.8. The number of aromatic nitrogens is 1. The highest BCUT2D eigenvalue weighted by atomic mass is 16.7. The minimum atomic E-state index is -0.294. The van der Waals surface area contributed by atoms with Crippen LogP contribution in [0.3, 0.4) is 0 Å². The fraction of sp³-hybridized carbons (Fsp3) is 0.731. The van der Waals surface area contributed by atoms with E-state index in [1.165, 1.54) is 49.2 Å². The first-order valence-electron chi connectivity index (χ1n) is 12.5. The van der Waals surface area contributed by atoms with E-state index in [-0.39, 0.29) is 18.4 Å². The zero-order chi connectivity index (χ0) is 22.6. The first kappa shape index (κ1) is 23.2. The highest BCUT2D eigenvalue weighted by Crippen LogP contribution is 2.61. The van der Waals surface area contributed by atoms with E-state index in [4.69, 9.17) is 4.84 Å². The molecule has 0 unspecified atom stereocenters. The van der Waals surface area contributed by atoms with E-state index >= 15 is 0 Å². The maximum atomic E-state index is 12.8. The van der Waals surface area contributed by atoms with Crippen LogP contribution in [-0.4, -0.2) is 54.0 Å². The van der Waals surface area contributed by atoms with Gasteiger partial charge in [-0.2, -0.15) is 5.06 Å². The number of hydroxylamine groups is 2. The van der Waals surface area contributed by atoms with Crippen LogP contribution in [-0.2, 0) is 20.8 Å². The van der Waals surface area contributed by atoms with E-state index in [0.717, 1.165) is 43.4 Å². The average Bonchev–Trinajstić information content (AvgIpc) is 2.73. The molecule has 5 rings (SSSR count). The predicted octanol–water partition coefficient (Wildman–Crippen LogP) is 4.25. The van der Waals surface area contributed by atoms with Gasteiger partial charge in [0.15, 0.2) is 0 Å². The molecule has 1 amide bonds. The van der Waals surface area contributed by atoms with Crippen molar-refractivity contribution >= 4 is 11.9 Å². The Labute approximate surface area is 192 Å². The van der Waals surface area contributed by atoms with E-state index in [9.17, 15) is 9.59 Å². The predicted molar refractivity (Wildman–Crippen MR) is 123 cm³/mol. The van der Waals surface area contributed by atoms with Crippen LogP contribution in [0.15, 0.2) is 24.5 Å². The molecule has 6 heteroatoms. The number of nitrogens with zero attached hydrogens (tertiary/aromatic N) is 3. The monoisotopic (exact) mass is 441 g/mol. The van der Waals surface area contributed by atoms with Crippen molar-refractivity contribution in [2.75, 3.05) is 27.2 Å². The fourth-order valence-electron chi connectivity index (χ4n) is 6.82. The molecule has 6 nitrogen and oxygen atoms in total. The van der Waals surface area contributed by atoms with Gasteiger partial charge in [0.2, 0.25) is 0 Å². The Morgan fingerprint density at radius 2 is 1.66 bits per heavy atom. The Morgan fingerprint density at radius 1 is 1.03 bits per heavy atom. The number of pyridine rings is 1. The van der Waals surface area contributed by atoms with Crippen LogP contribution in [0.5, 0.6) is 0 Å². The number of hydrogen-bond acceptors (Lipinski definition) is 5. The largest absolute Gasteiger partial charge is 0.338 e. The molecular weight excluding hydrogens is 402 g/mol. The summed E-state index contributed by atoms with van der Waals surface area (Å²) in [6.07, 6.45) is 15.6. The quantitative estimate of drug-likeness (QED) is 0.401. The topological polar surface area (TPSA) is 62.7 Å². The Morgan fingerprint density at radius 3 is 2.25 bits per heavy atom. The van der Waals surface area contributed by atoms with Crippen molar-refractivity contribution in [2.45, 2.75) is 70.6 Å². The van der Waals surface area contributed by atoms with Gasteiger partial charge < -0.3 is 9.74 Å². The summed E-state index contributed by atoms with van der Waals surface area (Å²) >= 11 is 0. The second-order valence-corrected chi connectivity index (χ2v) is 10.9. The molecule has 4 aliphatic carbocycles. The lowest BCUT2D eigenvalue weighted by molar-refractivity contribution is -0.201. The number of likely N-dealkylation sites (N-methyl/N-ethyl adjacent to an activating group) is 1. The van der Waals surface area contributed by atoms with Crippen LogP contribution < -0.4 is 0 Å². The molecule has 0 saturated heterocycles. The smallest absolute Gasteiger partial charge is 0.332 e. The molecule has 32 heavy (non-hydrogen) atoms. The van der Waals surface area contributed by atoms with Gasteiger partial charge in [0, 0.05) is 18.8 Å². The number of hydrogen-bond donors (Lipinski definition) is 0. The number of amides is 1. The standard InChI is InChI=1S/C26H39N3O3/c1-28(2)19-24(30)29(32-25(31)6-4-3-5-20-7-10-27-11-8-20)12-9-26-16-21-13-22(17-26)15-23(14-21)18-26/h7-8,10-11,21-23H,3-6,9,12-19H2,1-2H3. The highest BCUT2D eigenvalue weighted by Gasteiger charge is 2.50. The molecule has 1 aromatic heterocycles. The number of aryl methyl sites for hydroxylation is 1. The van der Waals surface area contributed by atoms with Crippen molar-refractivity contribution in [3.63, 3.8) is 0 Å². The molecule has 0 radical (unpaired) electrons. The molecule has 1 aromatic rings. The lowest BCUT2D eigenvalue weighted by Gasteiger charge is -2.57. The van der Waals surface area contributed by atoms with Gasteiger partial charge in [-0.05, 0) is 119 Å². The molecule has 0 atom stereocenters. The van der Waals surface area contributed by atoms with Gasteiger partial charge in [0.25, 0.3) is 5.91 Å². The molecule has 4 bridgehead atoms. The third-order valence-corrected chi connectivity index (χ3v) is 7.80. The van der Waals surface area contributed by atoms with Crippen molar-refractivity contribution in [3.05, 3.63) is 30.1 Å². The molecule has 0 aromatic carbocycles. The van der Waals surface area contributed by atoms with Gasteiger partial charge in [-0.15, -0.1) is 0 Å². The van der Waals surface area contributed by atoms with E-state index in [1.807, 2.05) is 31.1 Å². The van der Waals surface area contributed by atoms with Crippen LogP contribution in [0.4, 0.5) is 0 Å². The number of carbonyl (C=O) groups is 2. The highest BCUT2D eigenvalue weighted by molar-refractivity contribution is 5.79. The summed E-state index contributed by atoms with van der Waals surface area (Å²) in [4.78, 5) is 36.9. The number of rotatable bonds is 10. The lowest BCUT2D eigenvalue weighted by Crippen LogP contribution is -2.48. The number of carbonyl (C=O) groups excluding carboxylic acids is 2. The summed E-state index contributed by atoms with van der Waals surface area (Å²) in [5, 5.41) is 1.38. The average molecular weight is 442 g/mol. The molecule has 1 heterocycles. The summed E-state index contributed by atoms with van der Waals surface area (Å²) in [5.41, 5.74) is 1.59. The molecule has 0 aliphatic heterocycles. The summed E-state index contributed by atoms with van der Waals surface area (Å²) in [5.74, 6) is 2.24. The Bertz CT molecular complexity index is 744. The van der Waals surface area contributed by atoms with Gasteiger partial charge in [-0.1, -0.05) is 0 Å². The molecule has 4 fully saturated rings. The fourth-order valence-corrected chi connectivity index (χ4v) is 6.82. The first-order chi connectivity index (χ1) is 15.4. The Balaban J connectivity index is 1.27. The van der Waals surface area contributed by atoms with Crippen LogP contribution >= 0.6 is 0 Å². The van der Waals surface area contributed by atoms with E-state index in [1.54, 1.807) is 12.4 Å². The van der Waals surface area contributed by atoms with Crippen molar-refractivity contribution in [1.29, 1.82) is 0 Å². The minimum Gasteiger partial charge on any atom is -0.338 e. The van der Waals surface area contributed by atoms with E-state index in [0.29, 0.717) is 18.4 Å². The maximum absolute atomic E-state index is 12.8. The maximum Gasteiger partial charge on any atom is 0.332 e. The normalized spacial score (nSPS) is 28.2. The van der Waals surface area contributed by atoms with E-state index < -0.39 is 0 Å². The summed E-state index contributed by atoms with van der Waals surface area (Å²) in [6, 6.07) is 4.01. The Kier molecular flexibility index (Phi) is 7.49. The second kappa shape index (κ2) is 10.3. The van der Waals surface area contributed by atoms with Gasteiger partial charge in [-0.3, -0.25) is 9.78 Å². The molecule has 0 spiro atoms. The second-order valence-electron chi connectivity index (χ2n) is 10.9. The molecule has 4 aliphatic rings. The van der Waals surface area contributed by atoms with Crippen LogP contribution in [0, 0.1) is 23.2 Å². The van der Waals surface area contributed by atoms with Crippen LogP contribution in [0.1, 0.15) is 69.8 Å². The third kappa shape index (κ3) is 6.09. The van der Waals surface area contributed by atoms with Crippen molar-refractivity contribution in [1.82, 2.24) is 14.9 Å². The van der Waals surface area contributed by atoms with Gasteiger partial charge in [0.05, 0.1) is 13.1 Å². The molecular formula is C26H39N3O3. The zero-order valence-electron chi connectivity index (χ0n) is 19.8. The summed E-state index contributed by atoms with van der Waals surface area (Å²) < 4.78 is 0. The molecule has 176 valence electrons. The van der Waals surface area contributed by atoms with Gasteiger partial charge >= 0.3 is 5.97 Å². The number of unbranched alkanes of at least 4 members (excludes halogenated alkanes) is 1. The van der Waals surface area contributed by atoms with Gasteiger partial charge in [-0.25, -0.2) is 4.79 Å².